The molecule has 0 saturated carbocycles. The number of thiol groups is 2. The lowest BCUT2D eigenvalue weighted by molar-refractivity contribution is 0.168. The highest BCUT2D eigenvalue weighted by Crippen LogP contribution is 2.00. The van der Waals surface area contributed by atoms with Crippen LogP contribution in [0.25, 0.3) is 0 Å². The molecule has 0 aliphatic rings. The summed E-state index contributed by atoms with van der Waals surface area (Å²) in [6.45, 7) is 2.48. The summed E-state index contributed by atoms with van der Waals surface area (Å²) in [5, 5.41) is 0. The van der Waals surface area contributed by atoms with Crippen LogP contribution in [0.15, 0.2) is 0 Å². The lowest BCUT2D eigenvalue weighted by atomic mass is 10.3. The van der Waals surface area contributed by atoms with Crippen molar-refractivity contribution in [2.75, 3.05) is 6.61 Å². The molecule has 4 heteroatoms. The van der Waals surface area contributed by atoms with Crippen LogP contribution in [0.4, 0.5) is 0 Å². The average molecular weight is 154 g/mol. The first-order chi connectivity index (χ1) is 3.85. The maximum Gasteiger partial charge on any atom is 0.0962 e. The predicted molar refractivity (Wildman–Crippen MR) is 39.1 cm³/mol. The van der Waals surface area contributed by atoms with E-state index in [-0.39, 0.29) is 6.10 Å². The molecular formula is C4H10O2S2. The molecule has 0 saturated heterocycles. The third kappa shape index (κ3) is 3.60. The monoisotopic (exact) mass is 154 g/mol. The van der Waals surface area contributed by atoms with Crippen LogP contribution in [0.2, 0.25) is 0 Å². The predicted octanol–water partition coefficient (Wildman–Crippen LogP) is 1.49. The van der Waals surface area contributed by atoms with Gasteiger partial charge >= 0.3 is 0 Å². The first-order valence-electron chi connectivity index (χ1n) is 2.41. The minimum Gasteiger partial charge on any atom is -0.316 e. The Labute approximate surface area is 60.8 Å². The Kier molecular flexibility index (Phi) is 6.20. The molecule has 0 spiro atoms. The summed E-state index contributed by atoms with van der Waals surface area (Å²) in [5.41, 5.74) is 0. The molecule has 0 aliphatic heterocycles. The van der Waals surface area contributed by atoms with E-state index in [4.69, 9.17) is 0 Å². The standard InChI is InChI=1S/C4H10O2S2/c1-2-4(6-8)3-5-7/h4,7-8H,2-3H2,1H3. The van der Waals surface area contributed by atoms with E-state index in [0.29, 0.717) is 6.61 Å². The van der Waals surface area contributed by atoms with Gasteiger partial charge in [0.15, 0.2) is 0 Å². The maximum atomic E-state index is 4.66. The molecule has 0 N–H and O–H groups in total. The summed E-state index contributed by atoms with van der Waals surface area (Å²) >= 11 is 7.17. The van der Waals surface area contributed by atoms with Crippen LogP contribution >= 0.6 is 25.8 Å². The highest BCUT2D eigenvalue weighted by atomic mass is 32.1. The molecule has 0 aromatic carbocycles. The van der Waals surface area contributed by atoms with Crippen molar-refractivity contribution in [2.24, 2.45) is 0 Å². The Morgan fingerprint density at radius 2 is 2.12 bits per heavy atom. The zero-order valence-electron chi connectivity index (χ0n) is 4.70. The third-order valence-electron chi connectivity index (χ3n) is 0.865. The smallest absolute Gasteiger partial charge is 0.0962 e. The fourth-order valence-electron chi connectivity index (χ4n) is 0.306. The number of hydrogen-bond acceptors (Lipinski definition) is 4. The van der Waals surface area contributed by atoms with Gasteiger partial charge in [0, 0.05) is 0 Å². The van der Waals surface area contributed by atoms with Crippen molar-refractivity contribution >= 4 is 25.8 Å². The van der Waals surface area contributed by atoms with Crippen LogP contribution < -0.4 is 0 Å². The van der Waals surface area contributed by atoms with Crippen molar-refractivity contribution < 1.29 is 8.37 Å². The van der Waals surface area contributed by atoms with Crippen LogP contribution in [0.1, 0.15) is 13.3 Å². The second-order valence-electron chi connectivity index (χ2n) is 1.43. The van der Waals surface area contributed by atoms with E-state index in [1.807, 2.05) is 6.92 Å². The molecule has 1 atom stereocenters. The van der Waals surface area contributed by atoms with Crippen LogP contribution in [-0.4, -0.2) is 12.7 Å². The van der Waals surface area contributed by atoms with Crippen molar-refractivity contribution in [2.45, 2.75) is 19.4 Å². The summed E-state index contributed by atoms with van der Waals surface area (Å²) in [6, 6.07) is 0. The van der Waals surface area contributed by atoms with Gasteiger partial charge in [0.05, 0.1) is 12.7 Å². The minimum absolute atomic E-state index is 0.0656. The number of hydrogen-bond donors (Lipinski definition) is 2. The van der Waals surface area contributed by atoms with Gasteiger partial charge in [-0.1, -0.05) is 6.92 Å². The first kappa shape index (κ1) is 8.62. The molecule has 0 aliphatic carbocycles. The van der Waals surface area contributed by atoms with Crippen molar-refractivity contribution in [3.05, 3.63) is 0 Å². The Hall–Kier alpha value is 0.620. The van der Waals surface area contributed by atoms with E-state index in [1.165, 1.54) is 0 Å². The summed E-state index contributed by atoms with van der Waals surface area (Å²) in [5.74, 6) is 0. The zero-order valence-corrected chi connectivity index (χ0v) is 6.49. The van der Waals surface area contributed by atoms with Crippen LogP contribution in [0.5, 0.6) is 0 Å². The van der Waals surface area contributed by atoms with Gasteiger partial charge in [0.2, 0.25) is 0 Å². The summed E-state index contributed by atoms with van der Waals surface area (Å²) in [6.07, 6.45) is 0.959. The Morgan fingerprint density at radius 3 is 2.25 bits per heavy atom. The van der Waals surface area contributed by atoms with Crippen LogP contribution in [0.3, 0.4) is 0 Å². The molecule has 0 heterocycles. The van der Waals surface area contributed by atoms with E-state index >= 15 is 0 Å². The average Bonchev–Trinajstić information content (AvgIpc) is 1.83. The van der Waals surface area contributed by atoms with Gasteiger partial charge in [-0.2, -0.15) is 0 Å². The van der Waals surface area contributed by atoms with Crippen molar-refractivity contribution in [1.29, 1.82) is 0 Å². The van der Waals surface area contributed by atoms with E-state index in [2.05, 4.69) is 34.2 Å². The fraction of sp³-hybridized carbons (Fsp3) is 1.00. The second kappa shape index (κ2) is 5.75. The Bertz CT molecular complexity index is 47.3. The summed E-state index contributed by atoms with van der Waals surface area (Å²) < 4.78 is 9.17. The first-order valence-corrected chi connectivity index (χ1v) is 3.14. The SMILES string of the molecule is CCC(COS)OS. The number of rotatable bonds is 4. The highest BCUT2D eigenvalue weighted by molar-refractivity contribution is 7.75. The molecule has 0 aromatic heterocycles. The summed E-state index contributed by atoms with van der Waals surface area (Å²) in [7, 11) is 0. The van der Waals surface area contributed by atoms with Gasteiger partial charge in [0.25, 0.3) is 0 Å². The van der Waals surface area contributed by atoms with E-state index in [0.717, 1.165) is 6.42 Å². The van der Waals surface area contributed by atoms with Crippen LogP contribution in [-0.2, 0) is 8.37 Å². The molecular weight excluding hydrogens is 144 g/mol. The van der Waals surface area contributed by atoms with Gasteiger partial charge in [-0.3, -0.25) is 0 Å². The zero-order chi connectivity index (χ0) is 6.41. The lowest BCUT2D eigenvalue weighted by Crippen LogP contribution is -2.11. The molecule has 1 unspecified atom stereocenters. The molecule has 0 amide bonds. The fourth-order valence-corrected chi connectivity index (χ4v) is 0.682. The Morgan fingerprint density at radius 1 is 1.50 bits per heavy atom. The highest BCUT2D eigenvalue weighted by Gasteiger charge is 2.01. The normalized spacial score (nSPS) is 13.9. The largest absolute Gasteiger partial charge is 0.316 e. The molecule has 0 aromatic rings. The Balaban J connectivity index is 3.07. The third-order valence-corrected chi connectivity index (χ3v) is 1.31. The van der Waals surface area contributed by atoms with Gasteiger partial charge in [-0.05, 0) is 32.2 Å². The van der Waals surface area contributed by atoms with Gasteiger partial charge in [0.1, 0.15) is 0 Å². The minimum atomic E-state index is 0.0656. The molecule has 0 fully saturated rings. The molecule has 0 radical (unpaired) electrons. The van der Waals surface area contributed by atoms with Gasteiger partial charge in [-0.15, -0.1) is 0 Å². The lowest BCUT2D eigenvalue weighted by Gasteiger charge is -2.07. The second-order valence-corrected chi connectivity index (χ2v) is 1.90. The molecule has 0 bridgehead atoms. The van der Waals surface area contributed by atoms with E-state index in [9.17, 15) is 0 Å². The van der Waals surface area contributed by atoms with E-state index < -0.39 is 0 Å². The quantitative estimate of drug-likeness (QED) is 0.472. The van der Waals surface area contributed by atoms with Crippen molar-refractivity contribution in [3.8, 4) is 0 Å². The van der Waals surface area contributed by atoms with Gasteiger partial charge < -0.3 is 8.37 Å². The van der Waals surface area contributed by atoms with Crippen molar-refractivity contribution in [1.82, 2.24) is 0 Å². The molecule has 50 valence electrons. The van der Waals surface area contributed by atoms with Crippen molar-refractivity contribution in [3.63, 3.8) is 0 Å². The van der Waals surface area contributed by atoms with Gasteiger partial charge in [-0.25, -0.2) is 0 Å². The molecule has 0 rings (SSSR count). The topological polar surface area (TPSA) is 18.5 Å². The summed E-state index contributed by atoms with van der Waals surface area (Å²) in [4.78, 5) is 0. The molecule has 2 nitrogen and oxygen atoms in total. The molecule has 8 heavy (non-hydrogen) atoms. The maximum absolute atomic E-state index is 4.66. The van der Waals surface area contributed by atoms with Crippen LogP contribution in [0, 0.1) is 0 Å². The van der Waals surface area contributed by atoms with E-state index in [1.54, 1.807) is 0 Å².